The van der Waals surface area contributed by atoms with E-state index in [1.54, 1.807) is 6.92 Å². The summed E-state index contributed by atoms with van der Waals surface area (Å²) in [6, 6.07) is 3.63. The van der Waals surface area contributed by atoms with Crippen molar-refractivity contribution in [3.05, 3.63) is 35.4 Å². The van der Waals surface area contributed by atoms with E-state index in [0.717, 1.165) is 12.5 Å². The van der Waals surface area contributed by atoms with Crippen molar-refractivity contribution in [2.24, 2.45) is 5.92 Å². The van der Waals surface area contributed by atoms with Gasteiger partial charge in [0, 0.05) is 6.07 Å². The average Bonchev–Trinajstić information content (AvgIpc) is 2.83. The molecule has 1 saturated carbocycles. The second-order valence-electron chi connectivity index (χ2n) is 3.91. The van der Waals surface area contributed by atoms with Crippen LogP contribution in [0.25, 0.3) is 0 Å². The van der Waals surface area contributed by atoms with Crippen molar-refractivity contribution in [1.82, 2.24) is 0 Å². The zero-order valence-corrected chi connectivity index (χ0v) is 7.87. The lowest BCUT2D eigenvalue weighted by atomic mass is 10.1. The van der Waals surface area contributed by atoms with Crippen LogP contribution in [0.4, 0.5) is 8.78 Å². The Morgan fingerprint density at radius 1 is 1.43 bits per heavy atom. The molecule has 0 spiro atoms. The molecule has 76 valence electrons. The number of benzene rings is 1. The maximum atomic E-state index is 13.3. The van der Waals surface area contributed by atoms with Crippen LogP contribution in [-0.4, -0.2) is 11.2 Å². The smallest absolute Gasteiger partial charge is 0.129 e. The fourth-order valence-electron chi connectivity index (χ4n) is 1.91. The Labute approximate surface area is 81.4 Å². The minimum absolute atomic E-state index is 0.0654. The molecule has 0 saturated heterocycles. The fraction of sp³-hybridized carbons (Fsp3) is 0.455. The normalized spacial score (nSPS) is 27.4. The first-order valence-electron chi connectivity index (χ1n) is 4.72. The SMILES string of the molecule is C[C@H](O)[C@H]1C[C@@H]1c1ccc(F)cc1F. The highest BCUT2D eigenvalue weighted by molar-refractivity contribution is 5.28. The van der Waals surface area contributed by atoms with Crippen molar-refractivity contribution in [1.29, 1.82) is 0 Å². The summed E-state index contributed by atoms with van der Waals surface area (Å²) in [7, 11) is 0. The number of aliphatic hydroxyl groups excluding tert-OH is 1. The summed E-state index contributed by atoms with van der Waals surface area (Å²) >= 11 is 0. The van der Waals surface area contributed by atoms with Crippen LogP contribution in [0.15, 0.2) is 18.2 Å². The Morgan fingerprint density at radius 2 is 2.14 bits per heavy atom. The molecule has 0 heterocycles. The molecule has 3 heteroatoms. The van der Waals surface area contributed by atoms with Gasteiger partial charge in [-0.3, -0.25) is 0 Å². The van der Waals surface area contributed by atoms with E-state index in [1.165, 1.54) is 12.1 Å². The van der Waals surface area contributed by atoms with Crippen molar-refractivity contribution < 1.29 is 13.9 Å². The quantitative estimate of drug-likeness (QED) is 0.773. The minimum atomic E-state index is -0.555. The van der Waals surface area contributed by atoms with Crippen LogP contribution in [0.1, 0.15) is 24.8 Å². The summed E-state index contributed by atoms with van der Waals surface area (Å²) in [5.41, 5.74) is 0.525. The summed E-state index contributed by atoms with van der Waals surface area (Å²) in [6.45, 7) is 1.70. The second-order valence-corrected chi connectivity index (χ2v) is 3.91. The van der Waals surface area contributed by atoms with Gasteiger partial charge in [0.05, 0.1) is 6.10 Å². The van der Waals surface area contributed by atoms with Gasteiger partial charge in [0.15, 0.2) is 0 Å². The summed E-state index contributed by atoms with van der Waals surface area (Å²) in [5, 5.41) is 9.27. The van der Waals surface area contributed by atoms with Gasteiger partial charge in [-0.1, -0.05) is 6.07 Å². The predicted molar refractivity (Wildman–Crippen MR) is 48.9 cm³/mol. The molecule has 0 amide bonds. The molecule has 0 unspecified atom stereocenters. The summed E-state index contributed by atoms with van der Waals surface area (Å²) < 4.78 is 25.9. The van der Waals surface area contributed by atoms with Gasteiger partial charge in [0.2, 0.25) is 0 Å². The largest absolute Gasteiger partial charge is 0.393 e. The third kappa shape index (κ3) is 1.64. The summed E-state index contributed by atoms with van der Waals surface area (Å²) in [6.07, 6.45) is 0.379. The van der Waals surface area contributed by atoms with Crippen molar-refractivity contribution in [3.8, 4) is 0 Å². The lowest BCUT2D eigenvalue weighted by molar-refractivity contribution is 0.168. The molecule has 1 aromatic rings. The van der Waals surface area contributed by atoms with E-state index in [9.17, 15) is 13.9 Å². The molecule has 0 aromatic heterocycles. The Balaban J connectivity index is 2.19. The molecule has 3 atom stereocenters. The van der Waals surface area contributed by atoms with Gasteiger partial charge >= 0.3 is 0 Å². The lowest BCUT2D eigenvalue weighted by Crippen LogP contribution is -2.04. The molecule has 14 heavy (non-hydrogen) atoms. The topological polar surface area (TPSA) is 20.2 Å². The van der Waals surface area contributed by atoms with Gasteiger partial charge in [-0.2, -0.15) is 0 Å². The third-order valence-electron chi connectivity index (χ3n) is 2.82. The van der Waals surface area contributed by atoms with Crippen molar-refractivity contribution >= 4 is 0 Å². The van der Waals surface area contributed by atoms with E-state index in [1.807, 2.05) is 0 Å². The van der Waals surface area contributed by atoms with Crippen LogP contribution in [0.2, 0.25) is 0 Å². The van der Waals surface area contributed by atoms with E-state index >= 15 is 0 Å². The standard InChI is InChI=1S/C11H12F2O/c1-6(14)9-5-10(9)8-3-2-7(12)4-11(8)13/h2-4,6,9-10,14H,5H2,1H3/t6-,9+,10+/m0/s1. The van der Waals surface area contributed by atoms with Crippen molar-refractivity contribution in [2.75, 3.05) is 0 Å². The third-order valence-corrected chi connectivity index (χ3v) is 2.82. The first kappa shape index (κ1) is 9.59. The van der Waals surface area contributed by atoms with Crippen LogP contribution in [0.5, 0.6) is 0 Å². The zero-order chi connectivity index (χ0) is 10.3. The monoisotopic (exact) mass is 198 g/mol. The lowest BCUT2D eigenvalue weighted by Gasteiger charge is -2.04. The molecule has 0 aliphatic heterocycles. The maximum Gasteiger partial charge on any atom is 0.129 e. The highest BCUT2D eigenvalue weighted by atomic mass is 19.1. The van der Waals surface area contributed by atoms with E-state index in [0.29, 0.717) is 5.56 Å². The number of halogens is 2. The van der Waals surface area contributed by atoms with E-state index in [4.69, 9.17) is 0 Å². The molecule has 1 aliphatic carbocycles. The van der Waals surface area contributed by atoms with E-state index < -0.39 is 17.7 Å². The average molecular weight is 198 g/mol. The van der Waals surface area contributed by atoms with Crippen molar-refractivity contribution in [3.63, 3.8) is 0 Å². The maximum absolute atomic E-state index is 13.3. The van der Waals surface area contributed by atoms with Gasteiger partial charge in [-0.05, 0) is 36.8 Å². The molecular formula is C11H12F2O. The van der Waals surface area contributed by atoms with Gasteiger partial charge in [0.1, 0.15) is 11.6 Å². The highest BCUT2D eigenvalue weighted by Gasteiger charge is 2.42. The van der Waals surface area contributed by atoms with Gasteiger partial charge in [-0.15, -0.1) is 0 Å². The molecular weight excluding hydrogens is 186 g/mol. The number of hydrogen-bond acceptors (Lipinski definition) is 1. The van der Waals surface area contributed by atoms with Crippen molar-refractivity contribution in [2.45, 2.75) is 25.4 Å². The Hall–Kier alpha value is -0.960. The Morgan fingerprint density at radius 3 is 2.64 bits per heavy atom. The molecule has 1 fully saturated rings. The van der Waals surface area contributed by atoms with Crippen LogP contribution in [-0.2, 0) is 0 Å². The Bertz CT molecular complexity index is 349. The van der Waals surface area contributed by atoms with Crippen LogP contribution < -0.4 is 0 Å². The zero-order valence-electron chi connectivity index (χ0n) is 7.87. The Kier molecular flexibility index (Phi) is 2.27. The van der Waals surface area contributed by atoms with Crippen LogP contribution in [0.3, 0.4) is 0 Å². The summed E-state index contributed by atoms with van der Waals surface area (Å²) in [4.78, 5) is 0. The van der Waals surface area contributed by atoms with Gasteiger partial charge < -0.3 is 5.11 Å². The number of aliphatic hydroxyl groups is 1. The van der Waals surface area contributed by atoms with Crippen LogP contribution in [0, 0.1) is 17.6 Å². The second kappa shape index (κ2) is 3.31. The molecule has 1 aromatic carbocycles. The number of rotatable bonds is 2. The first-order valence-corrected chi connectivity index (χ1v) is 4.72. The molecule has 1 aliphatic rings. The minimum Gasteiger partial charge on any atom is -0.393 e. The van der Waals surface area contributed by atoms with E-state index in [-0.39, 0.29) is 11.8 Å². The highest BCUT2D eigenvalue weighted by Crippen LogP contribution is 2.50. The first-order chi connectivity index (χ1) is 6.59. The van der Waals surface area contributed by atoms with Gasteiger partial charge in [-0.25, -0.2) is 8.78 Å². The van der Waals surface area contributed by atoms with E-state index in [2.05, 4.69) is 0 Å². The summed E-state index contributed by atoms with van der Waals surface area (Å²) in [5.74, 6) is -0.857. The molecule has 0 radical (unpaired) electrons. The van der Waals surface area contributed by atoms with Crippen LogP contribution >= 0.6 is 0 Å². The molecule has 0 bridgehead atoms. The molecule has 1 N–H and O–H groups in total. The number of hydrogen-bond donors (Lipinski definition) is 1. The molecule has 1 nitrogen and oxygen atoms in total. The fourth-order valence-corrected chi connectivity index (χ4v) is 1.91. The predicted octanol–water partition coefficient (Wildman–Crippen LogP) is 2.45. The molecule has 2 rings (SSSR count). The van der Waals surface area contributed by atoms with Gasteiger partial charge in [0.25, 0.3) is 0 Å².